The number of ether oxygens (including phenoxy) is 1. The summed E-state index contributed by atoms with van der Waals surface area (Å²) in [4.78, 5) is 16.4. The van der Waals surface area contributed by atoms with Gasteiger partial charge in [-0.25, -0.2) is 0 Å². The third-order valence-corrected chi connectivity index (χ3v) is 4.42. The Morgan fingerprint density at radius 3 is 2.74 bits per heavy atom. The highest BCUT2D eigenvalue weighted by Gasteiger charge is 2.34. The van der Waals surface area contributed by atoms with Gasteiger partial charge in [-0.2, -0.15) is 13.2 Å². The molecule has 0 aliphatic carbocycles. The van der Waals surface area contributed by atoms with Crippen molar-refractivity contribution in [2.75, 3.05) is 39.4 Å². The van der Waals surface area contributed by atoms with Crippen LogP contribution in [-0.2, 0) is 10.9 Å². The molecule has 2 heterocycles. The number of alkyl halides is 3. The Bertz CT molecular complexity index is 609. The van der Waals surface area contributed by atoms with Crippen molar-refractivity contribution in [1.82, 2.24) is 9.80 Å². The molecule has 2 aliphatic rings. The van der Waals surface area contributed by atoms with Gasteiger partial charge in [-0.15, -0.1) is 0 Å². The summed E-state index contributed by atoms with van der Waals surface area (Å²) < 4.78 is 44.0. The molecule has 126 valence electrons. The lowest BCUT2D eigenvalue weighted by molar-refractivity contribution is -0.137. The summed E-state index contributed by atoms with van der Waals surface area (Å²) in [6.07, 6.45) is -4.53. The summed E-state index contributed by atoms with van der Waals surface area (Å²) in [6, 6.07) is 3.06. The summed E-state index contributed by atoms with van der Waals surface area (Å²) in [7, 11) is 0. The molecular formula is C15H16ClF3N2O2. The monoisotopic (exact) mass is 348 g/mol. The van der Waals surface area contributed by atoms with Gasteiger partial charge in [0.25, 0.3) is 5.91 Å². The zero-order valence-electron chi connectivity index (χ0n) is 12.3. The van der Waals surface area contributed by atoms with Gasteiger partial charge >= 0.3 is 6.18 Å². The molecule has 8 heteroatoms. The van der Waals surface area contributed by atoms with E-state index in [9.17, 15) is 18.0 Å². The van der Waals surface area contributed by atoms with Crippen LogP contribution in [0.5, 0.6) is 0 Å². The lowest BCUT2D eigenvalue weighted by atomic mass is 10.1. The molecule has 0 bridgehead atoms. The molecule has 2 fully saturated rings. The highest BCUT2D eigenvalue weighted by atomic mass is 35.5. The molecule has 0 saturated carbocycles. The van der Waals surface area contributed by atoms with Crippen molar-refractivity contribution in [2.24, 2.45) is 0 Å². The van der Waals surface area contributed by atoms with Crippen LogP contribution >= 0.6 is 11.6 Å². The molecule has 0 N–H and O–H groups in total. The van der Waals surface area contributed by atoms with Gasteiger partial charge < -0.3 is 9.64 Å². The Labute approximate surface area is 136 Å². The number of carbonyl (C=O) groups excluding carboxylic acids is 1. The molecule has 23 heavy (non-hydrogen) atoms. The minimum absolute atomic E-state index is 0.0324. The second-order valence-electron chi connectivity index (χ2n) is 5.74. The number of amides is 1. The smallest absolute Gasteiger partial charge is 0.378 e. The van der Waals surface area contributed by atoms with Crippen LogP contribution in [0, 0.1) is 0 Å². The van der Waals surface area contributed by atoms with E-state index < -0.39 is 17.6 Å². The third-order valence-electron chi connectivity index (χ3n) is 4.20. The molecule has 1 amide bonds. The normalized spacial score (nSPS) is 22.8. The maximum Gasteiger partial charge on any atom is 0.416 e. The van der Waals surface area contributed by atoms with Gasteiger partial charge in [-0.05, 0) is 18.2 Å². The number of hydrogen-bond acceptors (Lipinski definition) is 3. The van der Waals surface area contributed by atoms with Gasteiger partial charge in [-0.1, -0.05) is 11.6 Å². The predicted octanol–water partition coefficient (Wildman–Crippen LogP) is 2.52. The largest absolute Gasteiger partial charge is 0.416 e. The van der Waals surface area contributed by atoms with E-state index in [1.807, 2.05) is 0 Å². The van der Waals surface area contributed by atoms with Gasteiger partial charge in [0.1, 0.15) is 0 Å². The lowest BCUT2D eigenvalue weighted by Gasteiger charge is -2.43. The number of rotatable bonds is 1. The summed E-state index contributed by atoms with van der Waals surface area (Å²) >= 11 is 5.75. The van der Waals surface area contributed by atoms with Crippen molar-refractivity contribution in [2.45, 2.75) is 12.2 Å². The number of fused-ring (bicyclic) bond motifs is 1. The number of piperazine rings is 1. The van der Waals surface area contributed by atoms with Crippen molar-refractivity contribution in [3.05, 3.63) is 34.3 Å². The van der Waals surface area contributed by atoms with Gasteiger partial charge in [0.15, 0.2) is 0 Å². The molecule has 2 aliphatic heterocycles. The Kier molecular flexibility index (Phi) is 4.53. The Morgan fingerprint density at radius 1 is 1.22 bits per heavy atom. The predicted molar refractivity (Wildman–Crippen MR) is 78.5 cm³/mol. The fraction of sp³-hybridized carbons (Fsp3) is 0.533. The topological polar surface area (TPSA) is 32.8 Å². The zero-order chi connectivity index (χ0) is 16.6. The number of nitrogens with zero attached hydrogens (tertiary/aromatic N) is 2. The minimum Gasteiger partial charge on any atom is -0.378 e. The standard InChI is InChI=1S/C15H16ClF3N2O2/c16-12-6-10(5-11(7-12)15(17,18)19)14(22)21-2-1-20-3-4-23-9-13(20)8-21/h5-7,13H,1-4,8-9H2/t13-/m1/s1. The molecular weight excluding hydrogens is 333 g/mol. The van der Waals surface area contributed by atoms with E-state index in [0.29, 0.717) is 32.8 Å². The van der Waals surface area contributed by atoms with Gasteiger partial charge in [-0.3, -0.25) is 9.69 Å². The second-order valence-corrected chi connectivity index (χ2v) is 6.18. The van der Waals surface area contributed by atoms with Crippen LogP contribution in [0.15, 0.2) is 18.2 Å². The number of carbonyl (C=O) groups is 1. The van der Waals surface area contributed by atoms with Crippen LogP contribution in [0.4, 0.5) is 13.2 Å². The van der Waals surface area contributed by atoms with Crippen LogP contribution in [0.3, 0.4) is 0 Å². The van der Waals surface area contributed by atoms with Crippen LogP contribution in [0.25, 0.3) is 0 Å². The maximum atomic E-state index is 12.9. The lowest BCUT2D eigenvalue weighted by Crippen LogP contribution is -2.59. The first-order valence-corrected chi connectivity index (χ1v) is 7.71. The molecule has 0 unspecified atom stereocenters. The van der Waals surface area contributed by atoms with Crippen molar-refractivity contribution < 1.29 is 22.7 Å². The Morgan fingerprint density at radius 2 is 2.00 bits per heavy atom. The van der Waals surface area contributed by atoms with E-state index in [2.05, 4.69) is 4.90 Å². The summed E-state index contributed by atoms with van der Waals surface area (Å²) in [5, 5.41) is -0.0946. The van der Waals surface area contributed by atoms with Crippen LogP contribution in [-0.4, -0.2) is 61.1 Å². The van der Waals surface area contributed by atoms with Crippen LogP contribution < -0.4 is 0 Å². The second kappa shape index (κ2) is 6.30. The average Bonchev–Trinajstić information content (AvgIpc) is 2.52. The zero-order valence-corrected chi connectivity index (χ0v) is 13.0. The molecule has 0 spiro atoms. The molecule has 4 nitrogen and oxygen atoms in total. The van der Waals surface area contributed by atoms with E-state index >= 15 is 0 Å². The molecule has 0 radical (unpaired) electrons. The summed E-state index contributed by atoms with van der Waals surface area (Å²) in [5.74, 6) is -0.428. The molecule has 2 saturated heterocycles. The van der Waals surface area contributed by atoms with Gasteiger partial charge in [0.05, 0.1) is 24.8 Å². The fourth-order valence-corrected chi connectivity index (χ4v) is 3.23. The first-order valence-electron chi connectivity index (χ1n) is 7.33. The van der Waals surface area contributed by atoms with Crippen LogP contribution in [0.2, 0.25) is 5.02 Å². The number of hydrogen-bond donors (Lipinski definition) is 0. The molecule has 1 aromatic rings. The van der Waals surface area contributed by atoms with E-state index in [1.165, 1.54) is 6.07 Å². The molecule has 1 aromatic carbocycles. The SMILES string of the molecule is O=C(c1cc(Cl)cc(C(F)(F)F)c1)N1CCN2CCOC[C@H]2C1. The Hall–Kier alpha value is -1.31. The van der Waals surface area contributed by atoms with E-state index in [1.54, 1.807) is 4.90 Å². The van der Waals surface area contributed by atoms with Gasteiger partial charge in [0, 0.05) is 36.8 Å². The van der Waals surface area contributed by atoms with E-state index in [0.717, 1.165) is 18.7 Å². The first-order chi connectivity index (χ1) is 10.8. The number of morpholine rings is 1. The van der Waals surface area contributed by atoms with E-state index in [-0.39, 0.29) is 16.6 Å². The Balaban J connectivity index is 1.79. The third kappa shape index (κ3) is 3.62. The maximum absolute atomic E-state index is 12.9. The molecule has 0 aromatic heterocycles. The van der Waals surface area contributed by atoms with Crippen molar-refractivity contribution in [1.29, 1.82) is 0 Å². The van der Waals surface area contributed by atoms with E-state index in [4.69, 9.17) is 16.3 Å². The van der Waals surface area contributed by atoms with Crippen molar-refractivity contribution >= 4 is 17.5 Å². The van der Waals surface area contributed by atoms with Crippen molar-refractivity contribution in [3.63, 3.8) is 0 Å². The van der Waals surface area contributed by atoms with Gasteiger partial charge in [0.2, 0.25) is 0 Å². The minimum atomic E-state index is -4.53. The molecule has 3 rings (SSSR count). The number of benzene rings is 1. The van der Waals surface area contributed by atoms with Crippen molar-refractivity contribution in [3.8, 4) is 0 Å². The summed E-state index contributed by atoms with van der Waals surface area (Å²) in [6.45, 7) is 3.67. The average molecular weight is 349 g/mol. The fourth-order valence-electron chi connectivity index (χ4n) is 2.99. The quantitative estimate of drug-likeness (QED) is 0.782. The number of halogens is 4. The highest BCUT2D eigenvalue weighted by molar-refractivity contribution is 6.31. The summed E-state index contributed by atoms with van der Waals surface area (Å²) in [5.41, 5.74) is -0.942. The van der Waals surface area contributed by atoms with Crippen LogP contribution in [0.1, 0.15) is 15.9 Å². The molecule has 1 atom stereocenters. The highest BCUT2D eigenvalue weighted by Crippen LogP contribution is 2.32. The first kappa shape index (κ1) is 16.5.